The highest BCUT2D eigenvalue weighted by atomic mass is 16.4. The molecule has 0 aromatic heterocycles. The summed E-state index contributed by atoms with van der Waals surface area (Å²) in [5.74, 6) is -0.933. The molecule has 4 heteroatoms. The van der Waals surface area contributed by atoms with Gasteiger partial charge in [-0.1, -0.05) is 13.0 Å². The largest absolute Gasteiger partial charge is 0.478 e. The number of aliphatic carboxylic acids is 1. The average molecular weight is 187 g/mol. The molecule has 0 fully saturated rings. The molecule has 76 valence electrons. The minimum Gasteiger partial charge on any atom is -0.478 e. The first-order valence-electron chi connectivity index (χ1n) is 4.44. The number of carboxylic acids is 1. The summed E-state index contributed by atoms with van der Waals surface area (Å²) >= 11 is 0. The Morgan fingerprint density at radius 2 is 2.31 bits per heavy atom. The van der Waals surface area contributed by atoms with Crippen LogP contribution in [0, 0.1) is 0 Å². The van der Waals surface area contributed by atoms with E-state index in [0.717, 1.165) is 12.5 Å². The van der Waals surface area contributed by atoms with Crippen molar-refractivity contribution in [2.45, 2.75) is 25.8 Å². The number of nitrogens with one attached hydrogen (secondary N) is 1. The van der Waals surface area contributed by atoms with Crippen LogP contribution in [0.2, 0.25) is 0 Å². The molecule has 0 bridgehead atoms. The summed E-state index contributed by atoms with van der Waals surface area (Å²) in [6.07, 6.45) is 4.31. The van der Waals surface area contributed by atoms with Crippen LogP contribution in [0.5, 0.6) is 0 Å². The zero-order valence-corrected chi connectivity index (χ0v) is 7.86. The highest BCUT2D eigenvalue weighted by molar-refractivity contribution is 5.79. The van der Waals surface area contributed by atoms with Crippen molar-refractivity contribution in [2.24, 2.45) is 0 Å². The van der Waals surface area contributed by atoms with Crippen LogP contribution >= 0.6 is 0 Å². The van der Waals surface area contributed by atoms with Crippen LogP contribution < -0.4 is 5.32 Å². The monoisotopic (exact) mass is 187 g/mol. The van der Waals surface area contributed by atoms with Gasteiger partial charge in [0.2, 0.25) is 0 Å². The van der Waals surface area contributed by atoms with Crippen LogP contribution in [-0.4, -0.2) is 35.4 Å². The summed E-state index contributed by atoms with van der Waals surface area (Å²) in [6.45, 7) is 2.72. The molecule has 0 rings (SSSR count). The Morgan fingerprint density at radius 1 is 1.62 bits per heavy atom. The highest BCUT2D eigenvalue weighted by Crippen LogP contribution is 1.95. The van der Waals surface area contributed by atoms with Crippen LogP contribution in [0.25, 0.3) is 0 Å². The van der Waals surface area contributed by atoms with Gasteiger partial charge in [-0.2, -0.15) is 0 Å². The first kappa shape index (κ1) is 12.1. The maximum absolute atomic E-state index is 10.1. The highest BCUT2D eigenvalue weighted by Gasteiger charge is 2.01. The lowest BCUT2D eigenvalue weighted by Crippen LogP contribution is -2.29. The Hall–Kier alpha value is -0.870. The second-order valence-corrected chi connectivity index (χ2v) is 2.77. The normalized spacial score (nSPS) is 13.4. The van der Waals surface area contributed by atoms with Crippen LogP contribution in [0.1, 0.15) is 19.8 Å². The first-order valence-corrected chi connectivity index (χ1v) is 4.44. The van der Waals surface area contributed by atoms with E-state index in [9.17, 15) is 4.79 Å². The lowest BCUT2D eigenvalue weighted by molar-refractivity contribution is -0.131. The lowest BCUT2D eigenvalue weighted by atomic mass is 10.1. The number of hydrogen-bond acceptors (Lipinski definition) is 3. The number of aliphatic hydroxyl groups excluding tert-OH is 1. The molecular formula is C9H17NO3. The zero-order chi connectivity index (χ0) is 10.1. The van der Waals surface area contributed by atoms with Crippen molar-refractivity contribution in [1.82, 2.24) is 5.32 Å². The fourth-order valence-electron chi connectivity index (χ4n) is 1.00. The summed E-state index contributed by atoms with van der Waals surface area (Å²) in [4.78, 5) is 10.1. The molecule has 0 aromatic rings. The Morgan fingerprint density at radius 3 is 2.77 bits per heavy atom. The van der Waals surface area contributed by atoms with Crippen molar-refractivity contribution in [3.63, 3.8) is 0 Å². The maximum Gasteiger partial charge on any atom is 0.328 e. The Kier molecular flexibility index (Phi) is 7.24. The summed E-state index contributed by atoms with van der Waals surface area (Å²) < 4.78 is 0. The van der Waals surface area contributed by atoms with E-state index in [4.69, 9.17) is 10.2 Å². The molecule has 0 aliphatic carbocycles. The Bertz CT molecular complexity index is 168. The standard InChI is InChI=1S/C9H17NO3/c1-2-8(5-7-11)10-6-3-4-9(12)13/h3-4,8,10-11H,2,5-7H2,1H3,(H,12,13)/b4-3+. The van der Waals surface area contributed by atoms with Gasteiger partial charge in [0.25, 0.3) is 0 Å². The van der Waals surface area contributed by atoms with Gasteiger partial charge in [0.05, 0.1) is 0 Å². The van der Waals surface area contributed by atoms with Gasteiger partial charge in [0.1, 0.15) is 0 Å². The number of rotatable bonds is 7. The average Bonchev–Trinajstić information content (AvgIpc) is 2.10. The minimum atomic E-state index is -0.933. The van der Waals surface area contributed by atoms with Crippen molar-refractivity contribution in [2.75, 3.05) is 13.2 Å². The maximum atomic E-state index is 10.1. The van der Waals surface area contributed by atoms with Crippen molar-refractivity contribution in [1.29, 1.82) is 0 Å². The summed E-state index contributed by atoms with van der Waals surface area (Å²) in [7, 11) is 0. The van der Waals surface area contributed by atoms with E-state index in [1.54, 1.807) is 6.08 Å². The second kappa shape index (κ2) is 7.76. The third kappa shape index (κ3) is 7.49. The number of hydrogen-bond donors (Lipinski definition) is 3. The number of carbonyl (C=O) groups is 1. The smallest absolute Gasteiger partial charge is 0.328 e. The van der Waals surface area contributed by atoms with E-state index in [-0.39, 0.29) is 12.6 Å². The summed E-state index contributed by atoms with van der Waals surface area (Å²) in [5, 5.41) is 20.1. The third-order valence-electron chi connectivity index (χ3n) is 1.76. The van der Waals surface area contributed by atoms with Gasteiger partial charge < -0.3 is 15.5 Å². The third-order valence-corrected chi connectivity index (χ3v) is 1.76. The Labute approximate surface area is 78.3 Å². The fraction of sp³-hybridized carbons (Fsp3) is 0.667. The molecule has 0 saturated carbocycles. The van der Waals surface area contributed by atoms with E-state index in [1.165, 1.54) is 0 Å². The van der Waals surface area contributed by atoms with E-state index < -0.39 is 5.97 Å². The lowest BCUT2D eigenvalue weighted by Gasteiger charge is -2.13. The molecule has 1 atom stereocenters. The summed E-state index contributed by atoms with van der Waals surface area (Å²) in [5.41, 5.74) is 0. The van der Waals surface area contributed by atoms with Crippen molar-refractivity contribution >= 4 is 5.97 Å². The predicted molar refractivity (Wildman–Crippen MR) is 50.6 cm³/mol. The molecule has 0 aromatic carbocycles. The molecule has 0 spiro atoms. The van der Waals surface area contributed by atoms with Gasteiger partial charge in [-0.3, -0.25) is 0 Å². The van der Waals surface area contributed by atoms with E-state index >= 15 is 0 Å². The first-order chi connectivity index (χ1) is 6.20. The molecule has 4 nitrogen and oxygen atoms in total. The molecule has 3 N–H and O–H groups in total. The minimum absolute atomic E-state index is 0.161. The second-order valence-electron chi connectivity index (χ2n) is 2.77. The molecular weight excluding hydrogens is 170 g/mol. The molecule has 0 heterocycles. The SMILES string of the molecule is CCC(CCO)NC/C=C/C(=O)O. The Balaban J connectivity index is 3.54. The van der Waals surface area contributed by atoms with Gasteiger partial charge >= 0.3 is 5.97 Å². The van der Waals surface area contributed by atoms with Crippen LogP contribution in [0.4, 0.5) is 0 Å². The van der Waals surface area contributed by atoms with Gasteiger partial charge in [0.15, 0.2) is 0 Å². The fourth-order valence-corrected chi connectivity index (χ4v) is 1.00. The number of aliphatic hydroxyl groups is 1. The van der Waals surface area contributed by atoms with E-state index in [2.05, 4.69) is 5.32 Å². The van der Waals surface area contributed by atoms with Gasteiger partial charge in [-0.05, 0) is 12.8 Å². The number of carboxylic acid groups (broad SMARTS) is 1. The van der Waals surface area contributed by atoms with E-state index in [1.807, 2.05) is 6.92 Å². The molecule has 1 unspecified atom stereocenters. The van der Waals surface area contributed by atoms with Crippen molar-refractivity contribution < 1.29 is 15.0 Å². The van der Waals surface area contributed by atoms with Crippen molar-refractivity contribution in [3.05, 3.63) is 12.2 Å². The molecule has 0 aliphatic rings. The quantitative estimate of drug-likeness (QED) is 0.504. The topological polar surface area (TPSA) is 69.6 Å². The van der Waals surface area contributed by atoms with Crippen LogP contribution in [0.3, 0.4) is 0 Å². The van der Waals surface area contributed by atoms with Gasteiger partial charge in [-0.15, -0.1) is 0 Å². The van der Waals surface area contributed by atoms with E-state index in [0.29, 0.717) is 13.0 Å². The zero-order valence-electron chi connectivity index (χ0n) is 7.86. The van der Waals surface area contributed by atoms with Crippen LogP contribution in [0.15, 0.2) is 12.2 Å². The molecule has 0 amide bonds. The molecule has 13 heavy (non-hydrogen) atoms. The predicted octanol–water partition coefficient (Wildman–Crippen LogP) is 0.378. The van der Waals surface area contributed by atoms with Gasteiger partial charge in [0, 0.05) is 25.3 Å². The summed E-state index contributed by atoms with van der Waals surface area (Å²) in [6, 6.07) is 0.267. The van der Waals surface area contributed by atoms with Gasteiger partial charge in [-0.25, -0.2) is 4.79 Å². The van der Waals surface area contributed by atoms with Crippen molar-refractivity contribution in [3.8, 4) is 0 Å². The molecule has 0 saturated heterocycles. The van der Waals surface area contributed by atoms with Crippen LogP contribution in [-0.2, 0) is 4.79 Å². The molecule has 0 radical (unpaired) electrons. The molecule has 0 aliphatic heterocycles.